The van der Waals surface area contributed by atoms with Gasteiger partial charge in [-0.2, -0.15) is 0 Å². The molecule has 2 N–H and O–H groups in total. The van der Waals surface area contributed by atoms with Crippen LogP contribution in [0.25, 0.3) is 0 Å². The zero-order valence-electron chi connectivity index (χ0n) is 13.3. The Hall–Kier alpha value is -2.19. The maximum Gasteiger partial charge on any atom is 0.326 e. The van der Waals surface area contributed by atoms with E-state index in [9.17, 15) is 23.1 Å². The number of aliphatic carboxylic acids is 1. The van der Waals surface area contributed by atoms with Gasteiger partial charge in [-0.25, -0.2) is 17.9 Å². The van der Waals surface area contributed by atoms with Crippen LogP contribution < -0.4 is 4.72 Å². The van der Waals surface area contributed by atoms with Crippen molar-refractivity contribution in [1.82, 2.24) is 9.62 Å². The Morgan fingerprint density at radius 1 is 1.46 bits per heavy atom. The van der Waals surface area contributed by atoms with E-state index in [1.807, 2.05) is 0 Å². The molecule has 0 bridgehead atoms. The van der Waals surface area contributed by atoms with Gasteiger partial charge in [0.2, 0.25) is 10.0 Å². The topological polar surface area (TPSA) is 104 Å². The van der Waals surface area contributed by atoms with Gasteiger partial charge in [0.1, 0.15) is 6.04 Å². The van der Waals surface area contributed by atoms with E-state index in [1.165, 1.54) is 42.2 Å². The number of sulfonamides is 1. The highest BCUT2D eigenvalue weighted by Gasteiger charge is 2.38. The van der Waals surface area contributed by atoms with Crippen molar-refractivity contribution in [2.24, 2.45) is 0 Å². The number of nitrogens with one attached hydrogen (secondary N) is 1. The lowest BCUT2D eigenvalue weighted by molar-refractivity contribution is -0.141. The number of carbonyl (C=O) groups excluding carboxylic acids is 1. The minimum Gasteiger partial charge on any atom is -0.480 e. The average molecular weight is 352 g/mol. The van der Waals surface area contributed by atoms with Crippen LogP contribution in [-0.2, 0) is 14.8 Å². The largest absolute Gasteiger partial charge is 0.480 e. The average Bonchev–Trinajstić information content (AvgIpc) is 3.38. The van der Waals surface area contributed by atoms with Crippen LogP contribution >= 0.6 is 0 Å². The predicted octanol–water partition coefficient (Wildman–Crippen LogP) is 1.23. The van der Waals surface area contributed by atoms with Gasteiger partial charge in [0.25, 0.3) is 5.91 Å². The Morgan fingerprint density at radius 2 is 2.12 bits per heavy atom. The van der Waals surface area contributed by atoms with E-state index in [0.29, 0.717) is 0 Å². The van der Waals surface area contributed by atoms with Crippen LogP contribution in [0.5, 0.6) is 0 Å². The fourth-order valence-corrected chi connectivity index (χ4v) is 3.37. The highest BCUT2D eigenvalue weighted by Crippen LogP contribution is 2.30. The monoisotopic (exact) mass is 352 g/mol. The summed E-state index contributed by atoms with van der Waals surface area (Å²) in [7, 11) is -3.75. The molecule has 1 aromatic rings. The van der Waals surface area contributed by atoms with Crippen molar-refractivity contribution in [2.75, 3.05) is 6.54 Å². The Labute approximate surface area is 141 Å². The smallest absolute Gasteiger partial charge is 0.326 e. The van der Waals surface area contributed by atoms with Gasteiger partial charge < -0.3 is 10.0 Å². The van der Waals surface area contributed by atoms with Gasteiger partial charge >= 0.3 is 5.97 Å². The van der Waals surface area contributed by atoms with Crippen molar-refractivity contribution >= 4 is 21.9 Å². The molecule has 1 amide bonds. The van der Waals surface area contributed by atoms with Crippen LogP contribution in [0.15, 0.2) is 41.8 Å². The van der Waals surface area contributed by atoms with Gasteiger partial charge in [0.05, 0.1) is 4.90 Å². The number of benzene rings is 1. The minimum absolute atomic E-state index is 0.0473. The van der Waals surface area contributed by atoms with E-state index in [1.54, 1.807) is 0 Å². The Kier molecular flexibility index (Phi) is 5.40. The first-order valence-corrected chi connectivity index (χ1v) is 9.02. The summed E-state index contributed by atoms with van der Waals surface area (Å²) in [6, 6.07) is 4.51. The van der Waals surface area contributed by atoms with E-state index in [-0.39, 0.29) is 23.0 Å². The van der Waals surface area contributed by atoms with Crippen molar-refractivity contribution in [3.8, 4) is 0 Å². The molecular formula is C16H20N2O5S. The summed E-state index contributed by atoms with van der Waals surface area (Å²) in [4.78, 5) is 25.2. The molecule has 1 unspecified atom stereocenters. The molecule has 1 saturated carbocycles. The van der Waals surface area contributed by atoms with Crippen LogP contribution in [0.4, 0.5) is 0 Å². The van der Waals surface area contributed by atoms with Crippen molar-refractivity contribution in [3.05, 3.63) is 42.5 Å². The lowest BCUT2D eigenvalue weighted by atomic mass is 10.1. The van der Waals surface area contributed by atoms with Crippen LogP contribution in [0.3, 0.4) is 0 Å². The van der Waals surface area contributed by atoms with E-state index in [0.717, 1.165) is 12.8 Å². The highest BCUT2D eigenvalue weighted by atomic mass is 32.2. The van der Waals surface area contributed by atoms with E-state index in [2.05, 4.69) is 11.3 Å². The molecule has 1 fully saturated rings. The maximum atomic E-state index is 12.7. The number of hydrogen-bond acceptors (Lipinski definition) is 4. The van der Waals surface area contributed by atoms with Gasteiger partial charge in [0, 0.05) is 18.2 Å². The number of amides is 1. The fraction of sp³-hybridized carbons (Fsp3) is 0.375. The number of carboxylic acid groups (broad SMARTS) is 1. The molecule has 0 heterocycles. The standard InChI is InChI=1S/C16H20N2O5S/c1-3-9-17-24(22,23)14-6-4-5-12(10-14)15(19)18(13-7-8-13)11(2)16(20)21/h3-6,10-11,13,17H,1,7-9H2,2H3,(H,20,21). The first kappa shape index (κ1) is 18.2. The highest BCUT2D eigenvalue weighted by molar-refractivity contribution is 7.89. The number of rotatable bonds is 8. The van der Waals surface area contributed by atoms with Gasteiger partial charge in [-0.15, -0.1) is 6.58 Å². The molecule has 1 atom stereocenters. The molecular weight excluding hydrogens is 332 g/mol. The normalized spacial score (nSPS) is 15.5. The first-order chi connectivity index (χ1) is 11.3. The summed E-state index contributed by atoms with van der Waals surface area (Å²) in [5.41, 5.74) is 0.150. The lowest BCUT2D eigenvalue weighted by Crippen LogP contribution is -2.44. The fourth-order valence-electron chi connectivity index (χ4n) is 2.33. The second-order valence-corrected chi connectivity index (χ2v) is 7.39. The van der Waals surface area contributed by atoms with E-state index in [4.69, 9.17) is 0 Å². The SMILES string of the molecule is C=CCNS(=O)(=O)c1cccc(C(=O)N(C2CC2)C(C)C(=O)O)c1. The van der Waals surface area contributed by atoms with Gasteiger partial charge in [-0.05, 0) is 38.0 Å². The third-order valence-corrected chi connectivity index (χ3v) is 5.18. The van der Waals surface area contributed by atoms with Gasteiger partial charge in [0.15, 0.2) is 0 Å². The molecule has 0 saturated heterocycles. The molecule has 1 aliphatic rings. The molecule has 0 spiro atoms. The number of carbonyl (C=O) groups is 2. The Bertz CT molecular complexity index is 755. The van der Waals surface area contributed by atoms with E-state index < -0.39 is 27.9 Å². The van der Waals surface area contributed by atoms with Crippen LogP contribution in [0, 0.1) is 0 Å². The molecule has 1 aliphatic carbocycles. The second kappa shape index (κ2) is 7.14. The van der Waals surface area contributed by atoms with E-state index >= 15 is 0 Å². The van der Waals surface area contributed by atoms with Gasteiger partial charge in [-0.3, -0.25) is 4.79 Å². The summed E-state index contributed by atoms with van der Waals surface area (Å²) >= 11 is 0. The number of carboxylic acids is 1. The Balaban J connectivity index is 2.31. The van der Waals surface area contributed by atoms with Crippen molar-refractivity contribution < 1.29 is 23.1 Å². The third kappa shape index (κ3) is 4.01. The number of hydrogen-bond donors (Lipinski definition) is 2. The third-order valence-electron chi connectivity index (χ3n) is 3.76. The molecule has 0 aliphatic heterocycles. The zero-order chi connectivity index (χ0) is 17.9. The molecule has 0 aromatic heterocycles. The maximum absolute atomic E-state index is 12.7. The Morgan fingerprint density at radius 3 is 2.67 bits per heavy atom. The lowest BCUT2D eigenvalue weighted by Gasteiger charge is -2.26. The molecule has 0 radical (unpaired) electrons. The first-order valence-electron chi connectivity index (χ1n) is 7.54. The quantitative estimate of drug-likeness (QED) is 0.685. The number of nitrogens with zero attached hydrogens (tertiary/aromatic N) is 1. The molecule has 7 nitrogen and oxygen atoms in total. The summed E-state index contributed by atoms with van der Waals surface area (Å²) in [6.07, 6.45) is 2.92. The second-order valence-electron chi connectivity index (χ2n) is 5.63. The molecule has 2 rings (SSSR count). The van der Waals surface area contributed by atoms with Crippen molar-refractivity contribution in [2.45, 2.75) is 36.7 Å². The molecule has 1 aromatic carbocycles. The van der Waals surface area contributed by atoms with Crippen molar-refractivity contribution in [3.63, 3.8) is 0 Å². The summed E-state index contributed by atoms with van der Waals surface area (Å²) in [5, 5.41) is 9.20. The molecule has 130 valence electrons. The van der Waals surface area contributed by atoms with Crippen molar-refractivity contribution in [1.29, 1.82) is 0 Å². The van der Waals surface area contributed by atoms with Crippen LogP contribution in [-0.4, -0.2) is 48.9 Å². The predicted molar refractivity (Wildman–Crippen MR) is 88.1 cm³/mol. The summed E-state index contributed by atoms with van der Waals surface area (Å²) in [6.45, 7) is 4.97. The van der Waals surface area contributed by atoms with Gasteiger partial charge in [-0.1, -0.05) is 12.1 Å². The van der Waals surface area contributed by atoms with Crippen LogP contribution in [0.2, 0.25) is 0 Å². The summed E-state index contributed by atoms with van der Waals surface area (Å²) < 4.78 is 26.6. The zero-order valence-corrected chi connectivity index (χ0v) is 14.1. The summed E-state index contributed by atoms with van der Waals surface area (Å²) in [5.74, 6) is -1.57. The van der Waals surface area contributed by atoms with Crippen LogP contribution in [0.1, 0.15) is 30.1 Å². The molecule has 24 heavy (non-hydrogen) atoms. The minimum atomic E-state index is -3.75. The molecule has 8 heteroatoms.